The molecule has 0 unspecified atom stereocenters. The van der Waals surface area contributed by atoms with E-state index in [-0.39, 0.29) is 5.91 Å². The number of amides is 1. The highest BCUT2D eigenvalue weighted by Gasteiger charge is 2.14. The van der Waals surface area contributed by atoms with Crippen LogP contribution in [0.5, 0.6) is 0 Å². The molecule has 0 bridgehead atoms. The summed E-state index contributed by atoms with van der Waals surface area (Å²) in [7, 11) is 0. The van der Waals surface area contributed by atoms with E-state index in [2.05, 4.69) is 63.2 Å². The molecule has 5 nitrogen and oxygen atoms in total. The van der Waals surface area contributed by atoms with E-state index in [1.165, 1.54) is 28.3 Å². The van der Waals surface area contributed by atoms with Crippen LogP contribution in [0.2, 0.25) is 0 Å². The van der Waals surface area contributed by atoms with Crippen LogP contribution in [0.1, 0.15) is 23.6 Å². The van der Waals surface area contributed by atoms with Gasteiger partial charge in [-0.3, -0.25) is 9.20 Å². The van der Waals surface area contributed by atoms with Crippen molar-refractivity contribution in [3.63, 3.8) is 0 Å². The van der Waals surface area contributed by atoms with Crippen molar-refractivity contribution in [1.29, 1.82) is 0 Å². The lowest BCUT2D eigenvalue weighted by atomic mass is 10.1. The molecule has 6 heteroatoms. The Morgan fingerprint density at radius 1 is 1.07 bits per heavy atom. The second-order valence-electron chi connectivity index (χ2n) is 7.09. The summed E-state index contributed by atoms with van der Waals surface area (Å²) < 4.78 is 2.06. The molecular formula is C23H24N4OS. The molecule has 0 aliphatic heterocycles. The van der Waals surface area contributed by atoms with Crippen molar-refractivity contribution in [2.75, 3.05) is 12.3 Å². The summed E-state index contributed by atoms with van der Waals surface area (Å²) in [5.41, 5.74) is 5.51. The lowest BCUT2D eigenvalue weighted by Crippen LogP contribution is -2.27. The van der Waals surface area contributed by atoms with Crippen LogP contribution in [0.25, 0.3) is 16.6 Å². The van der Waals surface area contributed by atoms with Gasteiger partial charge in [0.25, 0.3) is 0 Å². The fourth-order valence-corrected chi connectivity index (χ4v) is 4.22. The third kappa shape index (κ3) is 4.27. The Kier molecular flexibility index (Phi) is 5.81. The van der Waals surface area contributed by atoms with Crippen LogP contribution < -0.4 is 5.32 Å². The first-order valence-electron chi connectivity index (χ1n) is 9.86. The van der Waals surface area contributed by atoms with E-state index >= 15 is 0 Å². The summed E-state index contributed by atoms with van der Waals surface area (Å²) in [5, 5.41) is 13.6. The van der Waals surface area contributed by atoms with Crippen molar-refractivity contribution in [3.05, 3.63) is 71.3 Å². The SMILES string of the molecule is CCc1ccc2c(c1)cc(C)c1nnc(SCC(=O)NCCc3ccccc3)n12. The molecular weight excluding hydrogens is 380 g/mol. The maximum absolute atomic E-state index is 12.3. The molecule has 4 aromatic rings. The zero-order chi connectivity index (χ0) is 20.2. The summed E-state index contributed by atoms with van der Waals surface area (Å²) in [6.07, 6.45) is 1.83. The number of carbonyl (C=O) groups is 1. The van der Waals surface area contributed by atoms with Gasteiger partial charge in [0.15, 0.2) is 10.8 Å². The van der Waals surface area contributed by atoms with Gasteiger partial charge in [0, 0.05) is 6.54 Å². The fourth-order valence-electron chi connectivity index (χ4n) is 3.45. The molecule has 0 fully saturated rings. The number of rotatable bonds is 7. The standard InChI is InChI=1S/C23H24N4OS/c1-3-17-9-10-20-19(14-17)13-16(2)22-25-26-23(27(20)22)29-15-21(28)24-12-11-18-7-5-4-6-8-18/h4-10,13-14H,3,11-12,15H2,1-2H3,(H,24,28). The lowest BCUT2D eigenvalue weighted by molar-refractivity contribution is -0.118. The number of carbonyl (C=O) groups excluding carboxylic acids is 1. The number of benzene rings is 2. The minimum atomic E-state index is 0.00732. The van der Waals surface area contributed by atoms with Crippen molar-refractivity contribution in [2.45, 2.75) is 31.8 Å². The molecule has 4 rings (SSSR count). The van der Waals surface area contributed by atoms with Crippen molar-refractivity contribution in [2.24, 2.45) is 0 Å². The number of fused-ring (bicyclic) bond motifs is 3. The zero-order valence-corrected chi connectivity index (χ0v) is 17.5. The number of pyridine rings is 1. The Balaban J connectivity index is 1.47. The van der Waals surface area contributed by atoms with Gasteiger partial charge in [-0.15, -0.1) is 10.2 Å². The Morgan fingerprint density at radius 3 is 2.69 bits per heavy atom. The first-order chi connectivity index (χ1) is 14.2. The molecule has 0 saturated heterocycles. The summed E-state index contributed by atoms with van der Waals surface area (Å²) >= 11 is 1.42. The first-order valence-corrected chi connectivity index (χ1v) is 10.8. The van der Waals surface area contributed by atoms with E-state index in [9.17, 15) is 4.79 Å². The zero-order valence-electron chi connectivity index (χ0n) is 16.7. The van der Waals surface area contributed by atoms with E-state index in [0.717, 1.165) is 34.7 Å². The van der Waals surface area contributed by atoms with Gasteiger partial charge < -0.3 is 5.32 Å². The monoisotopic (exact) mass is 404 g/mol. The number of hydrogen-bond donors (Lipinski definition) is 1. The Bertz CT molecular complexity index is 1150. The van der Waals surface area contributed by atoms with Crippen molar-refractivity contribution >= 4 is 34.2 Å². The molecule has 0 saturated carbocycles. The largest absolute Gasteiger partial charge is 0.355 e. The molecule has 0 spiro atoms. The highest BCUT2D eigenvalue weighted by Crippen LogP contribution is 2.26. The Morgan fingerprint density at radius 2 is 1.90 bits per heavy atom. The first kappa shape index (κ1) is 19.5. The average molecular weight is 405 g/mol. The summed E-state index contributed by atoms with van der Waals surface area (Å²) in [6.45, 7) is 4.83. The van der Waals surface area contributed by atoms with Crippen LogP contribution >= 0.6 is 11.8 Å². The van der Waals surface area contributed by atoms with E-state index in [0.29, 0.717) is 12.3 Å². The van der Waals surface area contributed by atoms with Crippen LogP contribution in [0, 0.1) is 6.92 Å². The van der Waals surface area contributed by atoms with Crippen molar-refractivity contribution in [3.8, 4) is 0 Å². The highest BCUT2D eigenvalue weighted by atomic mass is 32.2. The number of aryl methyl sites for hydroxylation is 2. The average Bonchev–Trinajstić information content (AvgIpc) is 3.17. The van der Waals surface area contributed by atoms with Crippen LogP contribution in [0.3, 0.4) is 0 Å². The topological polar surface area (TPSA) is 59.3 Å². The van der Waals surface area contributed by atoms with Gasteiger partial charge in [0.2, 0.25) is 5.91 Å². The minimum absolute atomic E-state index is 0.00732. The molecule has 1 N–H and O–H groups in total. The van der Waals surface area contributed by atoms with E-state index < -0.39 is 0 Å². The summed E-state index contributed by atoms with van der Waals surface area (Å²) in [6, 6.07) is 18.8. The van der Waals surface area contributed by atoms with Crippen LogP contribution in [0.15, 0.2) is 59.8 Å². The number of nitrogens with zero attached hydrogens (tertiary/aromatic N) is 3. The third-order valence-corrected chi connectivity index (χ3v) is 5.94. The molecule has 2 aromatic heterocycles. The van der Waals surface area contributed by atoms with Gasteiger partial charge in [0.05, 0.1) is 11.3 Å². The van der Waals surface area contributed by atoms with Crippen molar-refractivity contribution in [1.82, 2.24) is 19.9 Å². The van der Waals surface area contributed by atoms with Gasteiger partial charge in [-0.1, -0.05) is 55.1 Å². The van der Waals surface area contributed by atoms with E-state index in [1.54, 1.807) is 0 Å². The predicted molar refractivity (Wildman–Crippen MR) is 118 cm³/mol. The van der Waals surface area contributed by atoms with Gasteiger partial charge in [-0.05, 0) is 60.0 Å². The Labute approximate surface area is 174 Å². The van der Waals surface area contributed by atoms with Crippen LogP contribution in [0.4, 0.5) is 0 Å². The van der Waals surface area contributed by atoms with Crippen LogP contribution in [-0.2, 0) is 17.6 Å². The molecule has 0 aliphatic rings. The number of aromatic nitrogens is 3. The lowest BCUT2D eigenvalue weighted by Gasteiger charge is -2.09. The number of thioether (sulfide) groups is 1. The molecule has 1 amide bonds. The minimum Gasteiger partial charge on any atom is -0.355 e. The fraction of sp³-hybridized carbons (Fsp3) is 0.261. The predicted octanol–water partition coefficient (Wildman–Crippen LogP) is 4.20. The van der Waals surface area contributed by atoms with Crippen LogP contribution in [-0.4, -0.2) is 32.8 Å². The van der Waals surface area contributed by atoms with Gasteiger partial charge >= 0.3 is 0 Å². The maximum atomic E-state index is 12.3. The molecule has 29 heavy (non-hydrogen) atoms. The number of nitrogens with one attached hydrogen (secondary N) is 1. The molecule has 2 aromatic carbocycles. The molecule has 0 aliphatic carbocycles. The van der Waals surface area contributed by atoms with Gasteiger partial charge in [0.1, 0.15) is 0 Å². The third-order valence-electron chi connectivity index (χ3n) is 5.01. The second-order valence-corrected chi connectivity index (χ2v) is 8.03. The summed E-state index contributed by atoms with van der Waals surface area (Å²) in [5.74, 6) is 0.325. The highest BCUT2D eigenvalue weighted by molar-refractivity contribution is 7.99. The maximum Gasteiger partial charge on any atom is 0.230 e. The Hall–Kier alpha value is -2.86. The molecule has 2 heterocycles. The van der Waals surface area contributed by atoms with Gasteiger partial charge in [-0.25, -0.2) is 0 Å². The second kappa shape index (κ2) is 8.66. The van der Waals surface area contributed by atoms with Crippen molar-refractivity contribution < 1.29 is 4.79 Å². The van der Waals surface area contributed by atoms with E-state index in [1.807, 2.05) is 25.1 Å². The summed E-state index contributed by atoms with van der Waals surface area (Å²) in [4.78, 5) is 12.3. The van der Waals surface area contributed by atoms with Gasteiger partial charge in [-0.2, -0.15) is 0 Å². The van der Waals surface area contributed by atoms with E-state index in [4.69, 9.17) is 0 Å². The smallest absolute Gasteiger partial charge is 0.230 e. The molecule has 148 valence electrons. The molecule has 0 atom stereocenters. The number of hydrogen-bond acceptors (Lipinski definition) is 4. The molecule has 0 radical (unpaired) electrons. The quantitative estimate of drug-likeness (QED) is 0.469. The normalized spacial score (nSPS) is 11.2.